The van der Waals surface area contributed by atoms with Crippen molar-refractivity contribution in [3.63, 3.8) is 0 Å². The summed E-state index contributed by atoms with van der Waals surface area (Å²) >= 11 is 6.12. The Kier molecular flexibility index (Phi) is 6.03. The number of hydrogen-bond acceptors (Lipinski definition) is 5. The largest absolute Gasteiger partial charge is 0.341 e. The number of nitrogens with zero attached hydrogens (tertiary/aromatic N) is 5. The van der Waals surface area contributed by atoms with Gasteiger partial charge in [-0.15, -0.1) is 0 Å². The first kappa shape index (κ1) is 16.3. The topological polar surface area (TPSA) is 45.2 Å². The van der Waals surface area contributed by atoms with E-state index in [1.54, 1.807) is 0 Å². The SMILES string of the molecule is CCCCCN(c1nc(Cl)nc(N2CCCC2)n1)C(C)C. The molecule has 0 N–H and O–H groups in total. The second kappa shape index (κ2) is 7.78. The number of unbranched alkanes of at least 4 members (excludes halogenated alkanes) is 2. The molecule has 1 saturated heterocycles. The van der Waals surface area contributed by atoms with E-state index in [2.05, 4.69) is 45.5 Å². The minimum Gasteiger partial charge on any atom is -0.341 e. The summed E-state index contributed by atoms with van der Waals surface area (Å²) < 4.78 is 0. The molecular weight excluding hydrogens is 286 g/mol. The molecule has 0 unspecified atom stereocenters. The lowest BCUT2D eigenvalue weighted by Gasteiger charge is -2.27. The van der Waals surface area contributed by atoms with E-state index in [4.69, 9.17) is 11.6 Å². The Hall–Kier alpha value is -1.10. The first-order valence-corrected chi connectivity index (χ1v) is 8.42. The summed E-state index contributed by atoms with van der Waals surface area (Å²) in [7, 11) is 0. The van der Waals surface area contributed by atoms with E-state index in [-0.39, 0.29) is 0 Å². The summed E-state index contributed by atoms with van der Waals surface area (Å²) in [6.45, 7) is 9.53. The van der Waals surface area contributed by atoms with Crippen LogP contribution in [0.4, 0.5) is 11.9 Å². The number of rotatable bonds is 7. The molecule has 5 nitrogen and oxygen atoms in total. The Labute approximate surface area is 132 Å². The maximum atomic E-state index is 6.12. The van der Waals surface area contributed by atoms with Crippen LogP contribution in [-0.2, 0) is 0 Å². The highest BCUT2D eigenvalue weighted by Crippen LogP contribution is 2.21. The van der Waals surface area contributed by atoms with Crippen LogP contribution in [-0.4, -0.2) is 40.6 Å². The maximum absolute atomic E-state index is 6.12. The van der Waals surface area contributed by atoms with Crippen molar-refractivity contribution in [3.8, 4) is 0 Å². The van der Waals surface area contributed by atoms with Gasteiger partial charge in [-0.3, -0.25) is 0 Å². The summed E-state index contributed by atoms with van der Waals surface area (Å²) in [5.41, 5.74) is 0. The summed E-state index contributed by atoms with van der Waals surface area (Å²) in [5.74, 6) is 1.44. The monoisotopic (exact) mass is 311 g/mol. The average molecular weight is 312 g/mol. The minimum atomic E-state index is 0.294. The average Bonchev–Trinajstić information content (AvgIpc) is 2.96. The predicted molar refractivity (Wildman–Crippen MR) is 88.3 cm³/mol. The molecule has 0 saturated carbocycles. The Morgan fingerprint density at radius 3 is 2.48 bits per heavy atom. The molecule has 1 aromatic rings. The van der Waals surface area contributed by atoms with Crippen LogP contribution in [0.25, 0.3) is 0 Å². The van der Waals surface area contributed by atoms with E-state index < -0.39 is 0 Å². The molecule has 0 bridgehead atoms. The zero-order chi connectivity index (χ0) is 15.2. The molecule has 0 radical (unpaired) electrons. The van der Waals surface area contributed by atoms with Gasteiger partial charge in [-0.2, -0.15) is 15.0 Å². The fraction of sp³-hybridized carbons (Fsp3) is 0.800. The van der Waals surface area contributed by atoms with E-state index in [0.717, 1.165) is 32.0 Å². The van der Waals surface area contributed by atoms with Gasteiger partial charge in [0, 0.05) is 25.7 Å². The predicted octanol–water partition coefficient (Wildman–Crippen LogP) is 3.53. The molecule has 0 atom stereocenters. The van der Waals surface area contributed by atoms with Crippen LogP contribution in [0.5, 0.6) is 0 Å². The van der Waals surface area contributed by atoms with Crippen LogP contribution in [0.1, 0.15) is 52.9 Å². The van der Waals surface area contributed by atoms with Gasteiger partial charge < -0.3 is 9.80 Å². The van der Waals surface area contributed by atoms with Gasteiger partial charge in [0.1, 0.15) is 0 Å². The molecule has 21 heavy (non-hydrogen) atoms. The van der Waals surface area contributed by atoms with Crippen LogP contribution in [0.2, 0.25) is 5.28 Å². The van der Waals surface area contributed by atoms with Gasteiger partial charge in [-0.05, 0) is 44.7 Å². The highest BCUT2D eigenvalue weighted by Gasteiger charge is 2.20. The van der Waals surface area contributed by atoms with E-state index in [9.17, 15) is 0 Å². The van der Waals surface area contributed by atoms with Gasteiger partial charge in [0.25, 0.3) is 0 Å². The van der Waals surface area contributed by atoms with Gasteiger partial charge >= 0.3 is 0 Å². The van der Waals surface area contributed by atoms with E-state index >= 15 is 0 Å². The lowest BCUT2D eigenvalue weighted by atomic mass is 10.2. The van der Waals surface area contributed by atoms with Crippen molar-refractivity contribution in [2.24, 2.45) is 0 Å². The molecule has 0 spiro atoms. The number of halogens is 1. The van der Waals surface area contributed by atoms with Gasteiger partial charge in [-0.1, -0.05) is 19.8 Å². The van der Waals surface area contributed by atoms with E-state index in [1.807, 2.05) is 0 Å². The Morgan fingerprint density at radius 1 is 1.14 bits per heavy atom. The second-order valence-electron chi connectivity index (χ2n) is 5.89. The number of anilines is 2. The molecule has 2 rings (SSSR count). The zero-order valence-electron chi connectivity index (χ0n) is 13.3. The van der Waals surface area contributed by atoms with Gasteiger partial charge in [0.15, 0.2) is 0 Å². The van der Waals surface area contributed by atoms with Gasteiger partial charge in [0.05, 0.1) is 0 Å². The minimum absolute atomic E-state index is 0.294. The molecule has 2 heterocycles. The van der Waals surface area contributed by atoms with Crippen molar-refractivity contribution in [2.75, 3.05) is 29.4 Å². The molecule has 1 fully saturated rings. The summed E-state index contributed by atoms with van der Waals surface area (Å²) in [4.78, 5) is 17.7. The third-order valence-electron chi connectivity index (χ3n) is 3.86. The number of aromatic nitrogens is 3. The highest BCUT2D eigenvalue weighted by molar-refractivity contribution is 6.28. The summed E-state index contributed by atoms with van der Waals surface area (Å²) in [6, 6.07) is 0.353. The lowest BCUT2D eigenvalue weighted by molar-refractivity contribution is 0.610. The van der Waals surface area contributed by atoms with Crippen LogP contribution >= 0.6 is 11.6 Å². The molecule has 0 aromatic carbocycles. The third kappa shape index (κ3) is 4.43. The van der Waals surface area contributed by atoms with Crippen molar-refractivity contribution in [1.82, 2.24) is 15.0 Å². The molecule has 0 amide bonds. The van der Waals surface area contributed by atoms with Crippen LogP contribution in [0.3, 0.4) is 0 Å². The van der Waals surface area contributed by atoms with Crippen molar-refractivity contribution < 1.29 is 0 Å². The highest BCUT2D eigenvalue weighted by atomic mass is 35.5. The van der Waals surface area contributed by atoms with Crippen LogP contribution in [0, 0.1) is 0 Å². The van der Waals surface area contributed by atoms with Gasteiger partial charge in [-0.25, -0.2) is 0 Å². The van der Waals surface area contributed by atoms with Gasteiger partial charge in [0.2, 0.25) is 17.2 Å². The smallest absolute Gasteiger partial charge is 0.231 e. The van der Waals surface area contributed by atoms with Crippen LogP contribution in [0.15, 0.2) is 0 Å². The Balaban J connectivity index is 2.18. The summed E-state index contributed by atoms with van der Waals surface area (Å²) in [5, 5.41) is 0.294. The van der Waals surface area contributed by atoms with Crippen molar-refractivity contribution in [3.05, 3.63) is 5.28 Å². The second-order valence-corrected chi connectivity index (χ2v) is 6.23. The van der Waals surface area contributed by atoms with Crippen LogP contribution < -0.4 is 9.80 Å². The molecule has 1 aliphatic heterocycles. The maximum Gasteiger partial charge on any atom is 0.231 e. The van der Waals surface area contributed by atoms with Crippen molar-refractivity contribution in [2.45, 2.75) is 58.9 Å². The molecule has 0 aliphatic carbocycles. The number of hydrogen-bond donors (Lipinski definition) is 0. The first-order chi connectivity index (χ1) is 10.1. The van der Waals surface area contributed by atoms with Crippen molar-refractivity contribution in [1.29, 1.82) is 0 Å². The molecule has 1 aliphatic rings. The van der Waals surface area contributed by atoms with E-state index in [0.29, 0.717) is 17.3 Å². The Bertz CT molecular complexity index is 446. The standard InChI is InChI=1S/C15H26ClN5/c1-4-5-6-11-21(12(2)3)15-18-13(16)17-14(19-15)20-9-7-8-10-20/h12H,4-11H2,1-3H3. The van der Waals surface area contributed by atoms with Crippen molar-refractivity contribution >= 4 is 23.5 Å². The normalized spacial score (nSPS) is 15.0. The summed E-state index contributed by atoms with van der Waals surface area (Å²) in [6.07, 6.45) is 5.98. The fourth-order valence-electron chi connectivity index (χ4n) is 2.64. The molecular formula is C15H26ClN5. The van der Waals surface area contributed by atoms with E-state index in [1.165, 1.54) is 25.7 Å². The Morgan fingerprint density at radius 2 is 1.86 bits per heavy atom. The first-order valence-electron chi connectivity index (χ1n) is 8.05. The third-order valence-corrected chi connectivity index (χ3v) is 4.03. The molecule has 1 aromatic heterocycles. The quantitative estimate of drug-likeness (QED) is 0.721. The fourth-order valence-corrected chi connectivity index (χ4v) is 2.79. The zero-order valence-corrected chi connectivity index (χ0v) is 14.1. The lowest BCUT2D eigenvalue weighted by Crippen LogP contribution is -2.34. The molecule has 6 heteroatoms. The molecule has 118 valence electrons.